The number of halogens is 5. The zero-order valence-electron chi connectivity index (χ0n) is 19.6. The van der Waals surface area contributed by atoms with Crippen LogP contribution >= 0.6 is 10.3 Å². The zero-order chi connectivity index (χ0) is 27.0. The van der Waals surface area contributed by atoms with Gasteiger partial charge >= 0.3 is 10.1 Å². The highest BCUT2D eigenvalue weighted by Gasteiger charge is 2.47. The van der Waals surface area contributed by atoms with Gasteiger partial charge in [0.05, 0.1) is 25.0 Å². The first-order valence-electron chi connectivity index (χ1n) is 11.0. The van der Waals surface area contributed by atoms with Crippen molar-refractivity contribution >= 4 is 20.4 Å². The van der Waals surface area contributed by atoms with Gasteiger partial charge in [-0.15, -0.1) is 8.42 Å². The molecule has 0 heterocycles. The Hall–Kier alpha value is -3.21. The van der Waals surface area contributed by atoms with Gasteiger partial charge in [-0.05, 0) is 47.9 Å². The zero-order valence-corrected chi connectivity index (χ0v) is 21.3. The highest BCUT2D eigenvalue weighted by Crippen LogP contribution is 2.68. The average molecular weight is 554 g/mol. The SMILES string of the molecule is CC(C)c1ccc(S([OH+]S(=O)(=O)c2c(F)c(F)c(F)c(F)c2F)(c2ccccc2)c2ccccc2)cc1. The molecule has 4 aromatic carbocycles. The van der Waals surface area contributed by atoms with Crippen LogP contribution in [0.25, 0.3) is 0 Å². The molecule has 4 rings (SSSR count). The molecule has 1 N–H and O–H groups in total. The maximum absolute atomic E-state index is 14.7. The quantitative estimate of drug-likeness (QED) is 0.0762. The minimum atomic E-state index is -5.45. The number of rotatable bonds is 7. The molecule has 0 aliphatic heterocycles. The van der Waals surface area contributed by atoms with E-state index in [0.29, 0.717) is 14.7 Å². The Morgan fingerprint density at radius 3 is 1.35 bits per heavy atom. The van der Waals surface area contributed by atoms with Crippen LogP contribution in [0.15, 0.2) is 105 Å². The van der Waals surface area contributed by atoms with Crippen LogP contribution in [-0.2, 0) is 10.1 Å². The summed E-state index contributed by atoms with van der Waals surface area (Å²) in [6.07, 6.45) is 0. The molecule has 194 valence electrons. The van der Waals surface area contributed by atoms with Gasteiger partial charge < -0.3 is 0 Å². The van der Waals surface area contributed by atoms with E-state index in [1.807, 2.05) is 13.8 Å². The van der Waals surface area contributed by atoms with Crippen molar-refractivity contribution in [2.24, 2.45) is 0 Å². The van der Waals surface area contributed by atoms with E-state index in [2.05, 4.69) is 3.63 Å². The van der Waals surface area contributed by atoms with Gasteiger partial charge in [-0.1, -0.05) is 62.4 Å². The van der Waals surface area contributed by atoms with E-state index in [-0.39, 0.29) is 5.92 Å². The van der Waals surface area contributed by atoms with Crippen LogP contribution in [0.3, 0.4) is 0 Å². The van der Waals surface area contributed by atoms with Gasteiger partial charge in [0.1, 0.15) is 0 Å². The van der Waals surface area contributed by atoms with Crippen molar-refractivity contribution in [3.05, 3.63) is 120 Å². The van der Waals surface area contributed by atoms with Crippen molar-refractivity contribution in [3.63, 3.8) is 0 Å². The Bertz CT molecular complexity index is 1460. The maximum atomic E-state index is 14.7. The Kier molecular flexibility index (Phi) is 7.45. The largest absolute Gasteiger partial charge is 0.428 e. The summed E-state index contributed by atoms with van der Waals surface area (Å²) >= 11 is 0. The van der Waals surface area contributed by atoms with Gasteiger partial charge in [-0.2, -0.15) is 0 Å². The topological polar surface area (TPSA) is 46.9 Å². The van der Waals surface area contributed by atoms with E-state index in [1.54, 1.807) is 84.9 Å². The molecule has 0 saturated carbocycles. The molecule has 0 radical (unpaired) electrons. The molecule has 0 fully saturated rings. The molecule has 0 atom stereocenters. The van der Waals surface area contributed by atoms with Gasteiger partial charge in [-0.25, -0.2) is 22.0 Å². The minimum Gasteiger partial charge on any atom is -0.258 e. The second kappa shape index (κ2) is 10.3. The third kappa shape index (κ3) is 4.76. The predicted octanol–water partition coefficient (Wildman–Crippen LogP) is 8.18. The van der Waals surface area contributed by atoms with Crippen LogP contribution in [0.2, 0.25) is 0 Å². The van der Waals surface area contributed by atoms with Gasteiger partial charge in [0.15, 0.2) is 23.3 Å². The maximum Gasteiger partial charge on any atom is 0.428 e. The lowest BCUT2D eigenvalue weighted by Crippen LogP contribution is -2.22. The fourth-order valence-electron chi connectivity index (χ4n) is 3.82. The van der Waals surface area contributed by atoms with E-state index in [0.717, 1.165) is 5.56 Å². The summed E-state index contributed by atoms with van der Waals surface area (Å²) in [5.41, 5.74) is 0.945. The Balaban J connectivity index is 2.06. The van der Waals surface area contributed by atoms with E-state index < -0.39 is 54.4 Å². The second-order valence-electron chi connectivity index (χ2n) is 8.38. The first-order valence-corrected chi connectivity index (χ1v) is 14.1. The summed E-state index contributed by atoms with van der Waals surface area (Å²) in [4.78, 5) is -0.843. The molecule has 0 aromatic heterocycles. The van der Waals surface area contributed by atoms with Crippen LogP contribution in [0.4, 0.5) is 22.0 Å². The summed E-state index contributed by atoms with van der Waals surface area (Å²) in [7, 11) is -8.63. The summed E-state index contributed by atoms with van der Waals surface area (Å²) < 4.78 is 102. The predicted molar refractivity (Wildman–Crippen MR) is 132 cm³/mol. The molecular weight excluding hydrogens is 531 g/mol. The van der Waals surface area contributed by atoms with Crippen LogP contribution in [0, 0.1) is 29.1 Å². The highest BCUT2D eigenvalue weighted by molar-refractivity contribution is 8.32. The van der Waals surface area contributed by atoms with E-state index in [9.17, 15) is 30.4 Å². The standard InChI is InChI=1S/C27H21F5O3S2/c1-17(2)18-13-15-21(16-14-18)36(19-9-5-3-6-10-19,20-11-7-4-8-12-20)35-37(33,34)27-25(31)23(29)22(28)24(30)26(27)32/h3-17H,1-2H3/p+1. The second-order valence-corrected chi connectivity index (χ2v) is 12.9. The van der Waals surface area contributed by atoms with E-state index >= 15 is 0 Å². The van der Waals surface area contributed by atoms with Crippen molar-refractivity contribution in [3.8, 4) is 0 Å². The van der Waals surface area contributed by atoms with Crippen LogP contribution in [0.1, 0.15) is 25.3 Å². The third-order valence-corrected chi connectivity index (χ3v) is 11.1. The van der Waals surface area contributed by atoms with Crippen LogP contribution in [0.5, 0.6) is 0 Å². The van der Waals surface area contributed by atoms with Crippen molar-refractivity contribution in [1.29, 1.82) is 0 Å². The van der Waals surface area contributed by atoms with Crippen molar-refractivity contribution in [2.75, 3.05) is 0 Å². The monoisotopic (exact) mass is 553 g/mol. The molecule has 0 bridgehead atoms. The van der Waals surface area contributed by atoms with Gasteiger partial charge in [0.2, 0.25) is 10.7 Å². The molecule has 0 aliphatic rings. The lowest BCUT2D eigenvalue weighted by Gasteiger charge is -2.35. The van der Waals surface area contributed by atoms with Crippen molar-refractivity contribution in [2.45, 2.75) is 39.3 Å². The fraction of sp³-hybridized carbons (Fsp3) is 0.111. The van der Waals surface area contributed by atoms with Crippen molar-refractivity contribution < 1.29 is 34.0 Å². The molecule has 0 amide bonds. The minimum absolute atomic E-state index is 0.154. The Morgan fingerprint density at radius 2 is 0.946 bits per heavy atom. The molecule has 37 heavy (non-hydrogen) atoms. The number of benzene rings is 4. The van der Waals surface area contributed by atoms with Crippen LogP contribution < -0.4 is 0 Å². The summed E-state index contributed by atoms with van der Waals surface area (Å²) in [5, 5.41) is 0. The normalized spacial score (nSPS) is 12.6. The van der Waals surface area contributed by atoms with Gasteiger partial charge in [0, 0.05) is 0 Å². The Morgan fingerprint density at radius 1 is 0.568 bits per heavy atom. The average Bonchev–Trinajstić information content (AvgIpc) is 2.90. The molecular formula is C27H22F5O3S2+. The smallest absolute Gasteiger partial charge is 0.258 e. The Labute approximate surface area is 213 Å². The lowest BCUT2D eigenvalue weighted by molar-refractivity contribution is 0.338. The molecule has 0 spiro atoms. The van der Waals surface area contributed by atoms with Crippen molar-refractivity contribution in [1.82, 2.24) is 0 Å². The molecule has 3 nitrogen and oxygen atoms in total. The van der Waals surface area contributed by atoms with E-state index in [4.69, 9.17) is 0 Å². The molecule has 4 aromatic rings. The molecule has 0 unspecified atom stereocenters. The molecule has 10 heteroatoms. The van der Waals surface area contributed by atoms with Crippen LogP contribution in [-0.4, -0.2) is 12.0 Å². The lowest BCUT2D eigenvalue weighted by atomic mass is 10.0. The molecule has 0 saturated heterocycles. The third-order valence-electron chi connectivity index (χ3n) is 5.69. The first kappa shape index (κ1) is 26.8. The summed E-state index contributed by atoms with van der Waals surface area (Å²) in [6, 6.07) is 23.3. The first-order chi connectivity index (χ1) is 17.5. The summed E-state index contributed by atoms with van der Waals surface area (Å²) in [5.74, 6) is -12.0. The van der Waals surface area contributed by atoms with Gasteiger partial charge in [0.25, 0.3) is 0 Å². The van der Waals surface area contributed by atoms with E-state index in [1.165, 1.54) is 0 Å². The summed E-state index contributed by atoms with van der Waals surface area (Å²) in [6.45, 7) is 3.95. The van der Waals surface area contributed by atoms with Gasteiger partial charge in [-0.3, -0.25) is 3.63 Å². The number of hydrogen-bond acceptors (Lipinski definition) is 2. The molecule has 0 aliphatic carbocycles. The fourth-order valence-corrected chi connectivity index (χ4v) is 9.41. The highest BCUT2D eigenvalue weighted by atomic mass is 32.3. The number of hydrogen-bond donors (Lipinski definition) is 0.